The van der Waals surface area contributed by atoms with Crippen LogP contribution in [-0.4, -0.2) is 46.7 Å². The van der Waals surface area contributed by atoms with Gasteiger partial charge in [-0.25, -0.2) is 4.68 Å². The van der Waals surface area contributed by atoms with Gasteiger partial charge in [0.25, 0.3) is 0 Å². The summed E-state index contributed by atoms with van der Waals surface area (Å²) in [4.78, 5) is 6.97. The Labute approximate surface area is 170 Å². The van der Waals surface area contributed by atoms with Crippen LogP contribution in [0, 0.1) is 18.3 Å². The number of nitrogens with zero attached hydrogens (tertiary/aromatic N) is 5. The van der Waals surface area contributed by atoms with Crippen LogP contribution in [0.1, 0.15) is 23.2 Å². The van der Waals surface area contributed by atoms with Crippen LogP contribution in [0.3, 0.4) is 0 Å². The third-order valence-electron chi connectivity index (χ3n) is 5.25. The van der Waals surface area contributed by atoms with E-state index in [1.807, 2.05) is 47.1 Å². The summed E-state index contributed by atoms with van der Waals surface area (Å²) in [6, 6.07) is 20.0. The maximum absolute atomic E-state index is 9.09. The van der Waals surface area contributed by atoms with Crippen molar-refractivity contribution in [3.05, 3.63) is 71.4 Å². The number of nitrogens with two attached hydrogens (primary N) is 1. The predicted molar refractivity (Wildman–Crippen MR) is 115 cm³/mol. The summed E-state index contributed by atoms with van der Waals surface area (Å²) in [6.45, 7) is 4.01. The van der Waals surface area contributed by atoms with Crippen molar-refractivity contribution < 1.29 is 0 Å². The van der Waals surface area contributed by atoms with Gasteiger partial charge in [-0.3, -0.25) is 4.99 Å². The first-order valence-electron chi connectivity index (χ1n) is 9.73. The van der Waals surface area contributed by atoms with Crippen LogP contribution in [0.5, 0.6) is 0 Å². The minimum atomic E-state index is 0.211. The van der Waals surface area contributed by atoms with Gasteiger partial charge in [-0.15, -0.1) is 0 Å². The van der Waals surface area contributed by atoms with E-state index in [1.165, 1.54) is 5.56 Å². The minimum Gasteiger partial charge on any atom is -0.382 e. The number of aryl methyl sites for hydroxylation is 1. The van der Waals surface area contributed by atoms with Gasteiger partial charge in [0.05, 0.1) is 29.1 Å². The van der Waals surface area contributed by atoms with Crippen LogP contribution in [0.2, 0.25) is 0 Å². The zero-order chi connectivity index (χ0) is 20.4. The molecule has 2 aromatic carbocycles. The van der Waals surface area contributed by atoms with E-state index < -0.39 is 0 Å². The van der Waals surface area contributed by atoms with Crippen molar-refractivity contribution in [2.24, 2.45) is 10.7 Å². The quantitative estimate of drug-likeness (QED) is 0.553. The van der Waals surface area contributed by atoms with Crippen LogP contribution in [0.4, 0.5) is 0 Å². The standard InChI is InChI=1S/C23H24N6/c1-16-3-9-20(10-4-16)29-22(18-7-5-17(14-24)6-8-18)13-21(27-29)23(25)26-19-11-12-28(2)15-19/h3-10,13,19H,11-12,15H2,1-2H3,(H2,25,26)/t19-/m1/s1. The van der Waals surface area contributed by atoms with E-state index in [2.05, 4.69) is 37.1 Å². The SMILES string of the molecule is Cc1ccc(-n2nc(C(N)=N[C@@H]3CCN(C)C3)cc2-c2ccc(C#N)cc2)cc1. The molecule has 146 valence electrons. The van der Waals surface area contributed by atoms with Gasteiger partial charge in [-0.2, -0.15) is 10.4 Å². The first kappa shape index (κ1) is 18.9. The molecule has 6 nitrogen and oxygen atoms in total. The molecule has 2 N–H and O–H groups in total. The van der Waals surface area contributed by atoms with Crippen LogP contribution < -0.4 is 5.73 Å². The lowest BCUT2D eigenvalue weighted by molar-refractivity contribution is 0.411. The third kappa shape index (κ3) is 4.05. The van der Waals surface area contributed by atoms with Crippen LogP contribution in [0.25, 0.3) is 16.9 Å². The van der Waals surface area contributed by atoms with Crippen molar-refractivity contribution in [3.63, 3.8) is 0 Å². The summed E-state index contributed by atoms with van der Waals surface area (Å²) in [5.74, 6) is 0.464. The summed E-state index contributed by atoms with van der Waals surface area (Å²) >= 11 is 0. The number of aromatic nitrogens is 2. The molecular weight excluding hydrogens is 360 g/mol. The summed E-state index contributed by atoms with van der Waals surface area (Å²) in [5, 5.41) is 13.9. The number of rotatable bonds is 4. The van der Waals surface area contributed by atoms with Gasteiger partial charge < -0.3 is 10.6 Å². The van der Waals surface area contributed by atoms with Crippen molar-refractivity contribution in [1.29, 1.82) is 5.26 Å². The molecule has 0 spiro atoms. The van der Waals surface area contributed by atoms with Crippen molar-refractivity contribution in [1.82, 2.24) is 14.7 Å². The summed E-state index contributed by atoms with van der Waals surface area (Å²) < 4.78 is 1.89. The van der Waals surface area contributed by atoms with Gasteiger partial charge in [0.2, 0.25) is 0 Å². The first-order valence-corrected chi connectivity index (χ1v) is 9.73. The van der Waals surface area contributed by atoms with Gasteiger partial charge in [-0.1, -0.05) is 29.8 Å². The molecule has 0 aliphatic carbocycles. The highest BCUT2D eigenvalue weighted by molar-refractivity contribution is 5.97. The van der Waals surface area contributed by atoms with E-state index in [-0.39, 0.29) is 6.04 Å². The minimum absolute atomic E-state index is 0.211. The molecule has 1 fully saturated rings. The van der Waals surface area contributed by atoms with Crippen LogP contribution >= 0.6 is 0 Å². The second kappa shape index (κ2) is 7.90. The Hall–Kier alpha value is -3.43. The highest BCUT2D eigenvalue weighted by Crippen LogP contribution is 2.25. The number of amidine groups is 1. The number of aliphatic imine (C=N–C) groups is 1. The molecule has 0 amide bonds. The molecule has 0 radical (unpaired) electrons. The number of nitriles is 1. The summed E-state index contributed by atoms with van der Waals surface area (Å²) in [6.07, 6.45) is 1.01. The summed E-state index contributed by atoms with van der Waals surface area (Å²) in [7, 11) is 2.10. The molecule has 1 aliphatic rings. The molecule has 0 unspecified atom stereocenters. The van der Waals surface area contributed by atoms with E-state index >= 15 is 0 Å². The molecule has 4 rings (SSSR count). The van der Waals surface area contributed by atoms with Crippen molar-refractivity contribution in [2.75, 3.05) is 20.1 Å². The molecule has 3 aromatic rings. The number of likely N-dealkylation sites (N-methyl/N-ethyl adjacent to an activating group) is 1. The molecule has 1 aliphatic heterocycles. The number of benzene rings is 2. The van der Waals surface area contributed by atoms with E-state index in [0.717, 1.165) is 36.5 Å². The molecule has 0 saturated carbocycles. The van der Waals surface area contributed by atoms with Crippen molar-refractivity contribution in [2.45, 2.75) is 19.4 Å². The fourth-order valence-corrected chi connectivity index (χ4v) is 3.59. The molecule has 29 heavy (non-hydrogen) atoms. The average molecular weight is 384 g/mol. The fraction of sp³-hybridized carbons (Fsp3) is 0.261. The maximum Gasteiger partial charge on any atom is 0.146 e. The topological polar surface area (TPSA) is 83.2 Å². The molecular formula is C23H24N6. The Morgan fingerprint density at radius 1 is 1.17 bits per heavy atom. The molecule has 0 bridgehead atoms. The van der Waals surface area contributed by atoms with Gasteiger partial charge in [0.1, 0.15) is 11.5 Å². The Morgan fingerprint density at radius 3 is 2.52 bits per heavy atom. The number of hydrogen-bond acceptors (Lipinski definition) is 4. The molecule has 1 atom stereocenters. The first-order chi connectivity index (χ1) is 14.0. The second-order valence-corrected chi connectivity index (χ2v) is 7.57. The zero-order valence-electron chi connectivity index (χ0n) is 16.7. The van der Waals surface area contributed by atoms with Crippen LogP contribution in [-0.2, 0) is 0 Å². The highest BCUT2D eigenvalue weighted by atomic mass is 15.3. The maximum atomic E-state index is 9.09. The Morgan fingerprint density at radius 2 is 1.90 bits per heavy atom. The van der Waals surface area contributed by atoms with Crippen LogP contribution in [0.15, 0.2) is 59.6 Å². The number of likely N-dealkylation sites (tertiary alicyclic amines) is 1. The van der Waals surface area contributed by atoms with Gasteiger partial charge >= 0.3 is 0 Å². The Balaban J connectivity index is 1.76. The Bertz CT molecular complexity index is 1070. The summed E-state index contributed by atoms with van der Waals surface area (Å²) in [5.41, 5.74) is 11.7. The third-order valence-corrected chi connectivity index (χ3v) is 5.25. The van der Waals surface area contributed by atoms with Gasteiger partial charge in [0.15, 0.2) is 0 Å². The van der Waals surface area contributed by atoms with Crippen molar-refractivity contribution >= 4 is 5.84 Å². The molecule has 1 saturated heterocycles. The molecule has 6 heteroatoms. The molecule has 1 aromatic heterocycles. The monoisotopic (exact) mass is 384 g/mol. The highest BCUT2D eigenvalue weighted by Gasteiger charge is 2.20. The normalized spacial score (nSPS) is 17.4. The van der Waals surface area contributed by atoms with Crippen molar-refractivity contribution in [3.8, 4) is 23.0 Å². The van der Waals surface area contributed by atoms with Gasteiger partial charge in [0, 0.05) is 12.1 Å². The largest absolute Gasteiger partial charge is 0.382 e. The average Bonchev–Trinajstić information content (AvgIpc) is 3.35. The lowest BCUT2D eigenvalue weighted by atomic mass is 10.1. The second-order valence-electron chi connectivity index (χ2n) is 7.57. The lowest BCUT2D eigenvalue weighted by Crippen LogP contribution is -2.21. The lowest BCUT2D eigenvalue weighted by Gasteiger charge is -2.08. The zero-order valence-corrected chi connectivity index (χ0v) is 16.7. The fourth-order valence-electron chi connectivity index (χ4n) is 3.59. The predicted octanol–water partition coefficient (Wildman–Crippen LogP) is 3.13. The van der Waals surface area contributed by atoms with Gasteiger partial charge in [-0.05, 0) is 57.3 Å². The Kier molecular flexibility index (Phi) is 5.15. The van der Waals surface area contributed by atoms with E-state index in [1.54, 1.807) is 0 Å². The number of hydrogen-bond donors (Lipinski definition) is 1. The smallest absolute Gasteiger partial charge is 0.146 e. The molecule has 2 heterocycles. The van der Waals surface area contributed by atoms with E-state index in [9.17, 15) is 0 Å². The van der Waals surface area contributed by atoms with E-state index in [0.29, 0.717) is 17.1 Å². The van der Waals surface area contributed by atoms with E-state index in [4.69, 9.17) is 21.1 Å².